The van der Waals surface area contributed by atoms with Gasteiger partial charge in [0, 0.05) is 82.8 Å². The van der Waals surface area contributed by atoms with Crippen LogP contribution in [-0.4, -0.2) is 52.6 Å². The standard InChI is InChI=1S/C44H42Cl2N8O2/c1-24-19-30(20-25(2)40(24)46)56-18-10-11-31-32-14-15-34(45)39(38-27(4)48-51(7)28(38)5)41(32)54-26(3)22-52(44(55)42(31)54)36-23-50(6)35-16-13-29(21-33(35)36)43-47-37-12-8-9-17-53(37)49-43/h8-9,12-17,19-21,23,26H,10-11,18,22H2,1-7H3/t26-/m1/s1. The van der Waals surface area contributed by atoms with Crippen molar-refractivity contribution in [1.82, 2.24) is 33.5 Å². The van der Waals surface area contributed by atoms with Crippen molar-refractivity contribution in [2.24, 2.45) is 14.1 Å². The number of pyridine rings is 1. The molecule has 1 aliphatic heterocycles. The first kappa shape index (κ1) is 36.1. The molecule has 9 rings (SSSR count). The van der Waals surface area contributed by atoms with Crippen LogP contribution in [0.3, 0.4) is 0 Å². The van der Waals surface area contributed by atoms with Crippen molar-refractivity contribution < 1.29 is 9.53 Å². The Kier molecular flexibility index (Phi) is 8.74. The van der Waals surface area contributed by atoms with Gasteiger partial charge in [-0.05, 0) is 113 Å². The van der Waals surface area contributed by atoms with Crippen LogP contribution in [0.15, 0.2) is 73.1 Å². The van der Waals surface area contributed by atoms with Crippen LogP contribution in [0.4, 0.5) is 5.69 Å². The van der Waals surface area contributed by atoms with Gasteiger partial charge in [-0.25, -0.2) is 9.50 Å². The fourth-order valence-electron chi connectivity index (χ4n) is 8.62. The summed E-state index contributed by atoms with van der Waals surface area (Å²) in [6.07, 6.45) is 5.27. The zero-order valence-corrected chi connectivity index (χ0v) is 34.0. The highest BCUT2D eigenvalue weighted by atomic mass is 35.5. The van der Waals surface area contributed by atoms with Crippen LogP contribution in [0, 0.1) is 27.7 Å². The number of benzene rings is 3. The molecule has 0 spiro atoms. The zero-order chi connectivity index (χ0) is 39.2. The SMILES string of the molecule is Cc1cc(OCCCc2c3n(c4c(-c5c(C)nn(C)c5C)c(Cl)ccc24)[C@H](C)CN(c2cn(C)c4ccc(-c5nc6ccccn6n5)cc24)C3=O)cc(C)c1Cl. The molecule has 56 heavy (non-hydrogen) atoms. The predicted molar refractivity (Wildman–Crippen MR) is 225 cm³/mol. The van der Waals surface area contributed by atoms with Gasteiger partial charge in [0.25, 0.3) is 5.91 Å². The molecule has 1 amide bonds. The van der Waals surface area contributed by atoms with Crippen LogP contribution in [0.2, 0.25) is 10.0 Å². The lowest BCUT2D eigenvalue weighted by Crippen LogP contribution is -2.42. The van der Waals surface area contributed by atoms with Gasteiger partial charge >= 0.3 is 0 Å². The Labute approximate surface area is 334 Å². The minimum Gasteiger partial charge on any atom is -0.494 e. The van der Waals surface area contributed by atoms with E-state index in [0.29, 0.717) is 42.5 Å². The Morgan fingerprint density at radius 3 is 2.43 bits per heavy atom. The molecule has 6 heterocycles. The third kappa shape index (κ3) is 5.68. The topological polar surface area (TPSA) is 87.4 Å². The van der Waals surface area contributed by atoms with Crippen molar-refractivity contribution in [1.29, 1.82) is 0 Å². The van der Waals surface area contributed by atoms with Crippen LogP contribution < -0.4 is 9.64 Å². The van der Waals surface area contributed by atoms with E-state index in [4.69, 9.17) is 43.1 Å². The van der Waals surface area contributed by atoms with Crippen molar-refractivity contribution in [2.45, 2.75) is 53.5 Å². The number of amides is 1. The number of anilines is 1. The zero-order valence-electron chi connectivity index (χ0n) is 32.5. The van der Waals surface area contributed by atoms with Crippen LogP contribution in [0.1, 0.15) is 58.0 Å². The van der Waals surface area contributed by atoms with Gasteiger partial charge in [-0.15, -0.1) is 5.10 Å². The second kappa shape index (κ2) is 13.6. The fourth-order valence-corrected chi connectivity index (χ4v) is 8.97. The van der Waals surface area contributed by atoms with Crippen molar-refractivity contribution in [3.63, 3.8) is 0 Å². The highest BCUT2D eigenvalue weighted by Crippen LogP contribution is 2.46. The van der Waals surface area contributed by atoms with E-state index in [1.807, 2.05) is 93.1 Å². The number of aryl methyl sites for hydroxylation is 6. The van der Waals surface area contributed by atoms with Gasteiger partial charge in [-0.3, -0.25) is 9.48 Å². The molecule has 8 aromatic rings. The molecule has 1 aliphatic rings. The molecule has 0 bridgehead atoms. The highest BCUT2D eigenvalue weighted by Gasteiger charge is 2.37. The number of hydrogen-bond donors (Lipinski definition) is 0. The summed E-state index contributed by atoms with van der Waals surface area (Å²) in [5, 5.41) is 12.8. The van der Waals surface area contributed by atoms with Gasteiger partial charge < -0.3 is 18.8 Å². The molecule has 0 saturated carbocycles. The summed E-state index contributed by atoms with van der Waals surface area (Å²) in [7, 11) is 3.97. The van der Waals surface area contributed by atoms with Gasteiger partial charge in [0.1, 0.15) is 11.4 Å². The van der Waals surface area contributed by atoms with Gasteiger partial charge in [0.05, 0.1) is 28.5 Å². The largest absolute Gasteiger partial charge is 0.494 e. The minimum absolute atomic E-state index is 0.0513. The second-order valence-corrected chi connectivity index (χ2v) is 15.9. The van der Waals surface area contributed by atoms with E-state index in [9.17, 15) is 0 Å². The summed E-state index contributed by atoms with van der Waals surface area (Å²) in [5.74, 6) is 1.37. The number of fused-ring (bicyclic) bond motifs is 5. The summed E-state index contributed by atoms with van der Waals surface area (Å²) in [4.78, 5) is 22.0. The Morgan fingerprint density at radius 1 is 0.911 bits per heavy atom. The summed E-state index contributed by atoms with van der Waals surface area (Å²) >= 11 is 13.6. The van der Waals surface area contributed by atoms with Gasteiger partial charge in [0.15, 0.2) is 11.5 Å². The number of carbonyl (C=O) groups excluding carboxylic acids is 1. The molecule has 0 N–H and O–H groups in total. The Morgan fingerprint density at radius 2 is 1.70 bits per heavy atom. The van der Waals surface area contributed by atoms with Gasteiger partial charge in [0.2, 0.25) is 0 Å². The summed E-state index contributed by atoms with van der Waals surface area (Å²) in [6, 6.07) is 20.0. The molecule has 10 nitrogen and oxygen atoms in total. The van der Waals surface area contributed by atoms with Crippen LogP contribution in [0.5, 0.6) is 5.75 Å². The summed E-state index contributed by atoms with van der Waals surface area (Å²) in [6.45, 7) is 11.2. The van der Waals surface area contributed by atoms with Gasteiger partial charge in [-0.1, -0.05) is 35.3 Å². The molecular formula is C44H42Cl2N8O2. The molecule has 0 fully saturated rings. The normalized spacial score (nSPS) is 14.5. The summed E-state index contributed by atoms with van der Waals surface area (Å²) in [5.41, 5.74) is 11.9. The lowest BCUT2D eigenvalue weighted by atomic mass is 9.98. The monoisotopic (exact) mass is 784 g/mol. The maximum Gasteiger partial charge on any atom is 0.275 e. The smallest absolute Gasteiger partial charge is 0.275 e. The average Bonchev–Trinajstić information content (AvgIpc) is 3.91. The lowest BCUT2D eigenvalue weighted by Gasteiger charge is -2.34. The Bertz CT molecular complexity index is 2840. The van der Waals surface area contributed by atoms with E-state index in [0.717, 1.165) is 88.7 Å². The Hall–Kier alpha value is -5.58. The first-order valence-corrected chi connectivity index (χ1v) is 19.6. The number of halogens is 2. The number of ether oxygens (including phenoxy) is 1. The molecule has 284 valence electrons. The van der Waals surface area contributed by atoms with Crippen LogP contribution >= 0.6 is 23.2 Å². The average molecular weight is 786 g/mol. The maximum absolute atomic E-state index is 15.3. The van der Waals surface area contributed by atoms with Crippen molar-refractivity contribution in [2.75, 3.05) is 18.1 Å². The second-order valence-electron chi connectivity index (χ2n) is 15.1. The van der Waals surface area contributed by atoms with Crippen molar-refractivity contribution in [3.05, 3.63) is 117 Å². The first-order valence-electron chi connectivity index (χ1n) is 18.9. The molecule has 0 radical (unpaired) electrons. The molecule has 0 unspecified atom stereocenters. The van der Waals surface area contributed by atoms with Crippen molar-refractivity contribution >= 4 is 62.2 Å². The molecule has 3 aromatic carbocycles. The van der Waals surface area contributed by atoms with E-state index < -0.39 is 0 Å². The molecule has 12 heteroatoms. The first-order chi connectivity index (χ1) is 26.9. The minimum atomic E-state index is -0.0803. The molecule has 1 atom stereocenters. The molecule has 0 aliphatic carbocycles. The number of hydrogen-bond acceptors (Lipinski definition) is 5. The number of rotatable bonds is 8. The lowest BCUT2D eigenvalue weighted by molar-refractivity contribution is 0.0957. The van der Waals surface area contributed by atoms with E-state index >= 15 is 4.79 Å². The molecule has 0 saturated heterocycles. The fraction of sp³-hybridized carbons (Fsp3) is 0.273. The third-order valence-electron chi connectivity index (χ3n) is 11.3. The maximum atomic E-state index is 15.3. The quantitative estimate of drug-likeness (QED) is 0.143. The van der Waals surface area contributed by atoms with E-state index in [1.54, 1.807) is 4.52 Å². The number of aromatic nitrogens is 7. The van der Waals surface area contributed by atoms with E-state index in [-0.39, 0.29) is 11.9 Å². The van der Waals surface area contributed by atoms with Crippen LogP contribution in [0.25, 0.3) is 50.0 Å². The number of carbonyl (C=O) groups is 1. The van der Waals surface area contributed by atoms with E-state index in [2.05, 4.69) is 47.4 Å². The van der Waals surface area contributed by atoms with Crippen LogP contribution in [-0.2, 0) is 20.5 Å². The predicted octanol–water partition coefficient (Wildman–Crippen LogP) is 10.0. The Balaban J connectivity index is 1.17. The highest BCUT2D eigenvalue weighted by molar-refractivity contribution is 6.35. The third-order valence-corrected chi connectivity index (χ3v) is 12.2. The molecule has 5 aromatic heterocycles. The van der Waals surface area contributed by atoms with E-state index in [1.165, 1.54) is 0 Å². The summed E-state index contributed by atoms with van der Waals surface area (Å²) < 4.78 is 14.3. The molecular weight excluding hydrogens is 743 g/mol. The van der Waals surface area contributed by atoms with Gasteiger partial charge in [-0.2, -0.15) is 5.10 Å². The van der Waals surface area contributed by atoms with Crippen molar-refractivity contribution in [3.8, 4) is 28.3 Å². The number of nitrogens with zero attached hydrogens (tertiary/aromatic N) is 8.